The second kappa shape index (κ2) is 7.06. The number of amides is 1. The van der Waals surface area contributed by atoms with Gasteiger partial charge in [-0.3, -0.25) is 9.59 Å². The highest BCUT2D eigenvalue weighted by atomic mass is 32.2. The quantitative estimate of drug-likeness (QED) is 0.782. The van der Waals surface area contributed by atoms with Gasteiger partial charge in [-0.25, -0.2) is 8.42 Å². The third-order valence-electron chi connectivity index (χ3n) is 3.80. The molecule has 1 N–H and O–H groups in total. The lowest BCUT2D eigenvalue weighted by Gasteiger charge is -2.35. The lowest BCUT2D eigenvalue weighted by Crippen LogP contribution is -2.42. The van der Waals surface area contributed by atoms with E-state index in [0.29, 0.717) is 13.1 Å². The number of likely N-dealkylation sites (tertiary alicyclic amines) is 1. The molecule has 0 aromatic rings. The van der Waals surface area contributed by atoms with Crippen molar-refractivity contribution in [1.82, 2.24) is 4.90 Å². The van der Waals surface area contributed by atoms with E-state index in [1.54, 1.807) is 4.90 Å². The van der Waals surface area contributed by atoms with Crippen molar-refractivity contribution in [2.24, 2.45) is 11.8 Å². The SMILES string of the molecule is CC(CC(=O)O)C1CCCN(C(=O)CCS(C)(=O)=O)C1. The molecule has 2 unspecified atom stereocenters. The van der Waals surface area contributed by atoms with Crippen LogP contribution in [0.5, 0.6) is 0 Å². The molecule has 1 amide bonds. The number of sulfone groups is 1. The summed E-state index contributed by atoms with van der Waals surface area (Å²) in [6, 6.07) is 0. The number of carbonyl (C=O) groups is 2. The van der Waals surface area contributed by atoms with E-state index in [1.165, 1.54) is 0 Å². The first kappa shape index (κ1) is 16.9. The van der Waals surface area contributed by atoms with E-state index >= 15 is 0 Å². The summed E-state index contributed by atoms with van der Waals surface area (Å²) in [5, 5.41) is 8.82. The van der Waals surface area contributed by atoms with Crippen molar-refractivity contribution in [3.63, 3.8) is 0 Å². The molecule has 1 saturated heterocycles. The number of hydrogen-bond donors (Lipinski definition) is 1. The number of carboxylic acid groups (broad SMARTS) is 1. The van der Waals surface area contributed by atoms with Crippen molar-refractivity contribution >= 4 is 21.7 Å². The standard InChI is InChI=1S/C13H23NO5S/c1-10(8-13(16)17)11-4-3-6-14(9-11)12(15)5-7-20(2,18)19/h10-11H,3-9H2,1-2H3,(H,16,17). The molecule has 2 atom stereocenters. The van der Waals surface area contributed by atoms with Crippen LogP contribution in [0.4, 0.5) is 0 Å². The minimum atomic E-state index is -3.13. The smallest absolute Gasteiger partial charge is 0.303 e. The number of rotatable bonds is 6. The Bertz CT molecular complexity index is 459. The van der Waals surface area contributed by atoms with Crippen LogP contribution in [0.2, 0.25) is 0 Å². The normalized spacial score (nSPS) is 21.5. The van der Waals surface area contributed by atoms with Crippen LogP contribution >= 0.6 is 0 Å². The van der Waals surface area contributed by atoms with Gasteiger partial charge in [-0.1, -0.05) is 6.92 Å². The Morgan fingerprint density at radius 1 is 1.40 bits per heavy atom. The van der Waals surface area contributed by atoms with Crippen molar-refractivity contribution in [2.45, 2.75) is 32.6 Å². The van der Waals surface area contributed by atoms with Crippen LogP contribution in [-0.2, 0) is 19.4 Å². The van der Waals surface area contributed by atoms with Gasteiger partial charge in [0.15, 0.2) is 0 Å². The van der Waals surface area contributed by atoms with E-state index in [-0.39, 0.29) is 36.3 Å². The van der Waals surface area contributed by atoms with Gasteiger partial charge in [-0.15, -0.1) is 0 Å². The molecule has 0 radical (unpaired) electrons. The highest BCUT2D eigenvalue weighted by molar-refractivity contribution is 7.90. The lowest BCUT2D eigenvalue weighted by atomic mass is 9.84. The Kier molecular flexibility index (Phi) is 5.98. The molecule has 0 bridgehead atoms. The minimum Gasteiger partial charge on any atom is -0.481 e. The first-order chi connectivity index (χ1) is 9.19. The molecule has 1 aliphatic rings. The molecule has 6 nitrogen and oxygen atoms in total. The van der Waals surface area contributed by atoms with Crippen molar-refractivity contribution in [3.8, 4) is 0 Å². The predicted molar refractivity (Wildman–Crippen MR) is 75.0 cm³/mol. The van der Waals surface area contributed by atoms with E-state index in [0.717, 1.165) is 19.1 Å². The summed E-state index contributed by atoms with van der Waals surface area (Å²) >= 11 is 0. The average molecular weight is 305 g/mol. The average Bonchev–Trinajstić information content (AvgIpc) is 2.34. The molecule has 116 valence electrons. The van der Waals surface area contributed by atoms with Crippen LogP contribution < -0.4 is 0 Å². The molecular weight excluding hydrogens is 282 g/mol. The molecule has 1 fully saturated rings. The topological polar surface area (TPSA) is 91.8 Å². The molecule has 0 aliphatic carbocycles. The lowest BCUT2D eigenvalue weighted by molar-refractivity contribution is -0.138. The van der Waals surface area contributed by atoms with Crippen molar-refractivity contribution in [2.75, 3.05) is 25.1 Å². The van der Waals surface area contributed by atoms with Crippen LogP contribution in [0, 0.1) is 11.8 Å². The second-order valence-electron chi connectivity index (χ2n) is 5.70. The second-order valence-corrected chi connectivity index (χ2v) is 7.96. The molecule has 7 heteroatoms. The molecule has 0 aromatic heterocycles. The van der Waals surface area contributed by atoms with Gasteiger partial charge in [-0.2, -0.15) is 0 Å². The van der Waals surface area contributed by atoms with Gasteiger partial charge in [-0.05, 0) is 24.7 Å². The zero-order chi connectivity index (χ0) is 15.3. The minimum absolute atomic E-state index is 0.0128. The Balaban J connectivity index is 2.51. The van der Waals surface area contributed by atoms with Gasteiger partial charge in [0.05, 0.1) is 5.75 Å². The van der Waals surface area contributed by atoms with Gasteiger partial charge in [0.2, 0.25) is 5.91 Å². The molecule has 0 aromatic carbocycles. The van der Waals surface area contributed by atoms with Crippen molar-refractivity contribution < 1.29 is 23.1 Å². The van der Waals surface area contributed by atoms with Gasteiger partial charge in [0.25, 0.3) is 0 Å². The maximum atomic E-state index is 12.0. The molecule has 0 spiro atoms. The van der Waals surface area contributed by atoms with E-state index in [2.05, 4.69) is 0 Å². The fraction of sp³-hybridized carbons (Fsp3) is 0.846. The van der Waals surface area contributed by atoms with Gasteiger partial charge >= 0.3 is 5.97 Å². The number of nitrogens with zero attached hydrogens (tertiary/aromatic N) is 1. The number of carbonyl (C=O) groups excluding carboxylic acids is 1. The van der Waals surface area contributed by atoms with Gasteiger partial charge in [0.1, 0.15) is 9.84 Å². The Labute approximate surface area is 120 Å². The van der Waals surface area contributed by atoms with Crippen LogP contribution in [0.15, 0.2) is 0 Å². The molecule has 0 saturated carbocycles. The van der Waals surface area contributed by atoms with Crippen LogP contribution in [0.25, 0.3) is 0 Å². The first-order valence-corrected chi connectivity index (χ1v) is 8.92. The number of aliphatic carboxylic acids is 1. The van der Waals surface area contributed by atoms with Crippen molar-refractivity contribution in [1.29, 1.82) is 0 Å². The highest BCUT2D eigenvalue weighted by Gasteiger charge is 2.28. The summed E-state index contributed by atoms with van der Waals surface area (Å²) in [5.41, 5.74) is 0. The third-order valence-corrected chi connectivity index (χ3v) is 4.74. The van der Waals surface area contributed by atoms with E-state index < -0.39 is 15.8 Å². The molecule has 1 heterocycles. The van der Waals surface area contributed by atoms with Crippen LogP contribution in [0.3, 0.4) is 0 Å². The Morgan fingerprint density at radius 2 is 2.05 bits per heavy atom. The van der Waals surface area contributed by atoms with Crippen LogP contribution in [-0.4, -0.2) is 55.4 Å². The molecule has 1 aliphatic heterocycles. The predicted octanol–water partition coefficient (Wildman–Crippen LogP) is 0.770. The fourth-order valence-corrected chi connectivity index (χ4v) is 3.12. The first-order valence-electron chi connectivity index (χ1n) is 6.86. The van der Waals surface area contributed by atoms with Crippen LogP contribution in [0.1, 0.15) is 32.6 Å². The zero-order valence-corrected chi connectivity index (χ0v) is 12.9. The summed E-state index contributed by atoms with van der Waals surface area (Å²) in [7, 11) is -3.13. The fourth-order valence-electron chi connectivity index (χ4n) is 2.57. The number of hydrogen-bond acceptors (Lipinski definition) is 4. The highest BCUT2D eigenvalue weighted by Crippen LogP contribution is 2.26. The summed E-state index contributed by atoms with van der Waals surface area (Å²) in [4.78, 5) is 24.4. The van der Waals surface area contributed by atoms with Crippen molar-refractivity contribution in [3.05, 3.63) is 0 Å². The van der Waals surface area contributed by atoms with Gasteiger partial charge < -0.3 is 10.0 Å². The Morgan fingerprint density at radius 3 is 2.60 bits per heavy atom. The summed E-state index contributed by atoms with van der Waals surface area (Å²) in [6.45, 7) is 3.07. The monoisotopic (exact) mass is 305 g/mol. The zero-order valence-electron chi connectivity index (χ0n) is 12.0. The maximum absolute atomic E-state index is 12.0. The maximum Gasteiger partial charge on any atom is 0.303 e. The molecule has 1 rings (SSSR count). The summed E-state index contributed by atoms with van der Waals surface area (Å²) in [6.07, 6.45) is 3.01. The summed E-state index contributed by atoms with van der Waals surface area (Å²) < 4.78 is 22.2. The van der Waals surface area contributed by atoms with Gasteiger partial charge in [0, 0.05) is 32.2 Å². The molecule has 20 heavy (non-hydrogen) atoms. The largest absolute Gasteiger partial charge is 0.481 e. The number of carboxylic acids is 1. The van der Waals surface area contributed by atoms with E-state index in [1.807, 2.05) is 6.92 Å². The summed E-state index contributed by atoms with van der Waals surface area (Å²) in [5.74, 6) is -0.891. The van der Waals surface area contributed by atoms with E-state index in [4.69, 9.17) is 5.11 Å². The van der Waals surface area contributed by atoms with E-state index in [9.17, 15) is 18.0 Å². The Hall–Kier alpha value is -1.11. The molecular formula is C13H23NO5S. The number of piperidine rings is 1. The third kappa shape index (κ3) is 5.90.